The van der Waals surface area contributed by atoms with Gasteiger partial charge in [-0.25, -0.2) is 23.4 Å². The van der Waals surface area contributed by atoms with E-state index in [-0.39, 0.29) is 11.0 Å². The molecule has 0 fully saturated rings. The second-order valence-corrected chi connectivity index (χ2v) is 14.5. The van der Waals surface area contributed by atoms with E-state index in [0.717, 1.165) is 27.8 Å². The predicted molar refractivity (Wildman–Crippen MR) is 198 cm³/mol. The van der Waals surface area contributed by atoms with Crippen molar-refractivity contribution in [3.05, 3.63) is 150 Å². The van der Waals surface area contributed by atoms with Gasteiger partial charge in [0.05, 0.1) is 32.1 Å². The van der Waals surface area contributed by atoms with Crippen LogP contribution in [0.15, 0.2) is 137 Å². The number of hydrogen-bond acceptors (Lipinski definition) is 7. The Bertz CT molecular complexity index is 2280. The third-order valence-corrected chi connectivity index (χ3v) is 11.2. The Kier molecular flexibility index (Phi) is 8.69. The van der Waals surface area contributed by atoms with Crippen LogP contribution in [0.25, 0.3) is 11.1 Å². The number of urea groups is 1. The lowest BCUT2D eigenvalue weighted by Gasteiger charge is -2.37. The van der Waals surface area contributed by atoms with Gasteiger partial charge in [-0.2, -0.15) is 5.10 Å². The highest BCUT2D eigenvalue weighted by Crippen LogP contribution is 2.42. The number of fused-ring (bicyclic) bond motifs is 2. The smallest absolute Gasteiger partial charge is 0.354 e. The minimum atomic E-state index is -3.90. The molecule has 2 aliphatic rings. The number of hydrogen-bond donors (Lipinski definition) is 2. The van der Waals surface area contributed by atoms with E-state index >= 15 is 4.21 Å². The molecule has 6 aromatic rings. The number of amides is 2. The van der Waals surface area contributed by atoms with E-state index in [2.05, 4.69) is 24.5 Å². The van der Waals surface area contributed by atoms with Crippen molar-refractivity contribution in [1.82, 2.24) is 19.5 Å². The molecular weight excluding hydrogens is 677 g/mol. The molecule has 0 spiro atoms. The molecular formula is C40H36N6O5S. The number of benzene rings is 4. The standard InChI is InChI=1S/C40H36N6O5S/c1-27-26-46-38(51-27)35(25-42-46)52(48,45-40(29-12-6-3-7-13-29,30-14-8-4-9-15-30)31-16-10-5-11-17-31)44-39(47)43-37-32(18-19-34-33(37)21-23-50-34)28-20-22-41-36(24-28)49-2/h3-20,22,24-25,27H,21,23,26H2,1-2H3,(H2,43,44,45,47,48)/t27-,52?/m0/s1. The van der Waals surface area contributed by atoms with Crippen molar-refractivity contribution in [2.24, 2.45) is 4.36 Å². The fraction of sp³-hybridized carbons (Fsp3) is 0.175. The molecule has 2 N–H and O–H groups in total. The molecule has 4 heterocycles. The Balaban J connectivity index is 1.33. The molecule has 12 heteroatoms. The van der Waals surface area contributed by atoms with Crippen LogP contribution in [0.3, 0.4) is 0 Å². The highest BCUT2D eigenvalue weighted by atomic mass is 32.2. The molecule has 2 aromatic heterocycles. The van der Waals surface area contributed by atoms with Crippen molar-refractivity contribution >= 4 is 21.6 Å². The Morgan fingerprint density at radius 2 is 1.60 bits per heavy atom. The molecule has 2 amide bonds. The van der Waals surface area contributed by atoms with Gasteiger partial charge in [-0.1, -0.05) is 91.0 Å². The Morgan fingerprint density at radius 1 is 0.942 bits per heavy atom. The molecule has 0 bridgehead atoms. The summed E-state index contributed by atoms with van der Waals surface area (Å²) in [5.41, 5.74) is 3.93. The van der Waals surface area contributed by atoms with Crippen molar-refractivity contribution in [3.8, 4) is 28.6 Å². The van der Waals surface area contributed by atoms with Gasteiger partial charge in [-0.15, -0.1) is 4.36 Å². The largest absolute Gasteiger partial charge is 0.493 e. The SMILES string of the molecule is COc1cc(-c2ccc3c(c2NC(=O)N=S(=O)(NC(c2ccccc2)(c2ccccc2)c2ccccc2)c2cnn4c2O[C@@H](C)C4)CCO3)ccn1. The van der Waals surface area contributed by atoms with Gasteiger partial charge in [0.1, 0.15) is 22.3 Å². The second-order valence-electron chi connectivity index (χ2n) is 12.6. The highest BCUT2D eigenvalue weighted by Gasteiger charge is 2.42. The zero-order valence-corrected chi connectivity index (χ0v) is 29.4. The van der Waals surface area contributed by atoms with Crippen molar-refractivity contribution in [3.63, 3.8) is 0 Å². The fourth-order valence-electron chi connectivity index (χ4n) is 6.94. The summed E-state index contributed by atoms with van der Waals surface area (Å²) < 4.78 is 43.1. The summed E-state index contributed by atoms with van der Waals surface area (Å²) in [6, 6.07) is 35.7. The van der Waals surface area contributed by atoms with Crippen LogP contribution in [0.1, 0.15) is 29.2 Å². The monoisotopic (exact) mass is 712 g/mol. The van der Waals surface area contributed by atoms with Gasteiger partial charge in [0, 0.05) is 29.8 Å². The quantitative estimate of drug-likeness (QED) is 0.152. The number of carbonyl (C=O) groups excluding carboxylic acids is 1. The van der Waals surface area contributed by atoms with Crippen LogP contribution in [-0.2, 0) is 28.4 Å². The molecule has 0 saturated carbocycles. The van der Waals surface area contributed by atoms with E-state index in [0.29, 0.717) is 48.3 Å². The van der Waals surface area contributed by atoms with Crippen molar-refractivity contribution < 1.29 is 23.2 Å². The van der Waals surface area contributed by atoms with Crippen molar-refractivity contribution in [1.29, 1.82) is 0 Å². The molecule has 0 saturated heterocycles. The number of rotatable bonds is 9. The molecule has 4 aromatic carbocycles. The van der Waals surface area contributed by atoms with E-state index in [1.807, 2.05) is 116 Å². The van der Waals surface area contributed by atoms with Gasteiger partial charge in [-0.05, 0) is 47.4 Å². The zero-order valence-electron chi connectivity index (χ0n) is 28.6. The zero-order chi connectivity index (χ0) is 35.7. The van der Waals surface area contributed by atoms with Gasteiger partial charge < -0.3 is 19.5 Å². The van der Waals surface area contributed by atoms with Gasteiger partial charge in [0.15, 0.2) is 9.92 Å². The summed E-state index contributed by atoms with van der Waals surface area (Å²) in [5, 5.41) is 7.53. The average Bonchev–Trinajstić information content (AvgIpc) is 3.92. The van der Waals surface area contributed by atoms with Gasteiger partial charge in [-0.3, -0.25) is 0 Å². The number of methoxy groups -OCH3 is 1. The van der Waals surface area contributed by atoms with Crippen LogP contribution in [-0.4, -0.2) is 44.8 Å². The first kappa shape index (κ1) is 33.2. The van der Waals surface area contributed by atoms with E-state index in [1.165, 1.54) is 6.20 Å². The third-order valence-electron chi connectivity index (χ3n) is 9.29. The predicted octanol–water partition coefficient (Wildman–Crippen LogP) is 7.23. The van der Waals surface area contributed by atoms with E-state index in [9.17, 15) is 4.79 Å². The summed E-state index contributed by atoms with van der Waals surface area (Å²) in [6.07, 6.45) is 3.47. The van der Waals surface area contributed by atoms with Gasteiger partial charge >= 0.3 is 6.03 Å². The van der Waals surface area contributed by atoms with Crippen LogP contribution in [0, 0.1) is 0 Å². The maximum atomic E-state index is 16.0. The number of nitrogens with zero attached hydrogens (tertiary/aromatic N) is 4. The molecule has 0 aliphatic carbocycles. The van der Waals surface area contributed by atoms with E-state index in [1.54, 1.807) is 24.1 Å². The van der Waals surface area contributed by atoms with Crippen LogP contribution >= 0.6 is 0 Å². The first-order chi connectivity index (χ1) is 25.4. The maximum Gasteiger partial charge on any atom is 0.354 e. The summed E-state index contributed by atoms with van der Waals surface area (Å²) >= 11 is 0. The summed E-state index contributed by atoms with van der Waals surface area (Å²) in [5.74, 6) is 1.38. The van der Waals surface area contributed by atoms with E-state index in [4.69, 9.17) is 14.2 Å². The highest BCUT2D eigenvalue weighted by molar-refractivity contribution is 7.92. The summed E-state index contributed by atoms with van der Waals surface area (Å²) in [6.45, 7) is 2.84. The van der Waals surface area contributed by atoms with Gasteiger partial charge in [0.25, 0.3) is 0 Å². The molecule has 2 atom stereocenters. The summed E-state index contributed by atoms with van der Waals surface area (Å²) in [4.78, 5) is 18.9. The number of ether oxygens (including phenoxy) is 3. The van der Waals surface area contributed by atoms with Crippen LogP contribution in [0.5, 0.6) is 17.5 Å². The van der Waals surface area contributed by atoms with E-state index < -0.39 is 21.5 Å². The molecule has 52 heavy (non-hydrogen) atoms. The lowest BCUT2D eigenvalue weighted by atomic mass is 9.78. The normalized spacial score (nSPS) is 15.8. The molecule has 8 rings (SSSR count). The lowest BCUT2D eigenvalue weighted by Crippen LogP contribution is -2.48. The topological polar surface area (TPSA) is 129 Å². The maximum absolute atomic E-state index is 16.0. The Hall–Kier alpha value is -5.98. The molecule has 2 aliphatic heterocycles. The first-order valence-corrected chi connectivity index (χ1v) is 18.4. The van der Waals surface area contributed by atoms with Crippen molar-refractivity contribution in [2.75, 3.05) is 19.0 Å². The van der Waals surface area contributed by atoms with Crippen LogP contribution in [0.2, 0.25) is 0 Å². The number of nitrogens with one attached hydrogen (secondary N) is 2. The minimum Gasteiger partial charge on any atom is -0.493 e. The second kappa shape index (κ2) is 13.6. The van der Waals surface area contributed by atoms with Crippen LogP contribution in [0.4, 0.5) is 10.5 Å². The molecule has 262 valence electrons. The Morgan fingerprint density at radius 3 is 2.23 bits per heavy atom. The third kappa shape index (κ3) is 5.95. The molecule has 0 radical (unpaired) electrons. The van der Waals surface area contributed by atoms with Crippen molar-refractivity contribution in [2.45, 2.75) is 36.4 Å². The number of anilines is 1. The molecule has 11 nitrogen and oxygen atoms in total. The number of pyridine rings is 1. The Labute approximate surface area is 301 Å². The molecule has 1 unspecified atom stereocenters. The van der Waals surface area contributed by atoms with Gasteiger partial charge in [0.2, 0.25) is 11.8 Å². The number of aromatic nitrogens is 3. The number of carbonyl (C=O) groups is 1. The lowest BCUT2D eigenvalue weighted by molar-refractivity contribution is 0.248. The minimum absolute atomic E-state index is 0.167. The summed E-state index contributed by atoms with van der Waals surface area (Å²) in [7, 11) is -2.36. The van der Waals surface area contributed by atoms with Crippen LogP contribution < -0.4 is 24.2 Å². The first-order valence-electron chi connectivity index (χ1n) is 16.9. The average molecular weight is 713 g/mol. The fourth-order valence-corrected chi connectivity index (χ4v) is 8.82.